The fourth-order valence-electron chi connectivity index (χ4n) is 5.89. The lowest BCUT2D eigenvalue weighted by atomic mass is 9.94. The van der Waals surface area contributed by atoms with Crippen LogP contribution in [-0.4, -0.2) is 48.7 Å². The Bertz CT molecular complexity index is 1820. The van der Waals surface area contributed by atoms with Crippen molar-refractivity contribution in [3.05, 3.63) is 136 Å². The van der Waals surface area contributed by atoms with Gasteiger partial charge in [-0.1, -0.05) is 86.0 Å². The van der Waals surface area contributed by atoms with Gasteiger partial charge in [-0.25, -0.2) is 12.8 Å². The summed E-state index contributed by atoms with van der Waals surface area (Å²) in [7, 11) is -4.42. The molecule has 1 fully saturated rings. The molecule has 2 amide bonds. The number of hydrogen-bond donors (Lipinski definition) is 1. The number of non-ortho nitro benzene ring substituents is 1. The van der Waals surface area contributed by atoms with Crippen molar-refractivity contribution in [2.45, 2.75) is 62.0 Å². The van der Waals surface area contributed by atoms with Gasteiger partial charge in [0.15, 0.2) is 0 Å². The molecule has 0 unspecified atom stereocenters. The second kappa shape index (κ2) is 15.7. The third-order valence-electron chi connectivity index (χ3n) is 8.43. The number of nitro groups is 1. The van der Waals surface area contributed by atoms with Crippen LogP contribution >= 0.6 is 0 Å². The molecule has 0 bridgehead atoms. The lowest BCUT2D eigenvalue weighted by Gasteiger charge is -2.35. The van der Waals surface area contributed by atoms with Crippen LogP contribution < -0.4 is 9.62 Å². The van der Waals surface area contributed by atoms with Gasteiger partial charge in [-0.3, -0.25) is 24.0 Å². The van der Waals surface area contributed by atoms with Crippen molar-refractivity contribution in [2.75, 3.05) is 10.8 Å². The Morgan fingerprint density at radius 2 is 1.50 bits per heavy atom. The maximum absolute atomic E-state index is 14.6. The average Bonchev–Trinajstić information content (AvgIpc) is 3.10. The van der Waals surface area contributed by atoms with Crippen LogP contribution in [-0.2, 0) is 32.6 Å². The zero-order valence-electron chi connectivity index (χ0n) is 26.3. The van der Waals surface area contributed by atoms with Gasteiger partial charge in [-0.15, -0.1) is 0 Å². The van der Waals surface area contributed by atoms with Gasteiger partial charge in [0, 0.05) is 31.1 Å². The summed E-state index contributed by atoms with van der Waals surface area (Å²) in [5.41, 5.74) is 0.867. The van der Waals surface area contributed by atoms with Gasteiger partial charge in [0.2, 0.25) is 11.8 Å². The molecular weight excluding hydrogens is 635 g/mol. The minimum absolute atomic E-state index is 0.0629. The van der Waals surface area contributed by atoms with E-state index in [1.165, 1.54) is 71.6 Å². The molecule has 1 aliphatic carbocycles. The number of hydrogen-bond acceptors (Lipinski definition) is 6. The van der Waals surface area contributed by atoms with Crippen LogP contribution in [0.4, 0.5) is 15.8 Å². The SMILES string of the molecule is O=C(NC1CCCCC1)[C@H](Cc1ccccc1)N(Cc1ccc(F)cc1)C(=O)CN(c1cccc([N+](=O)[O-])c1)S(=O)(=O)c1ccccc1. The number of nitro benzene ring substituents is 1. The third-order valence-corrected chi connectivity index (χ3v) is 10.2. The summed E-state index contributed by atoms with van der Waals surface area (Å²) in [4.78, 5) is 40.9. The molecule has 250 valence electrons. The highest BCUT2D eigenvalue weighted by atomic mass is 32.2. The van der Waals surface area contributed by atoms with E-state index in [4.69, 9.17) is 0 Å². The number of anilines is 1. The van der Waals surface area contributed by atoms with E-state index in [9.17, 15) is 32.5 Å². The molecule has 0 saturated heterocycles. The summed E-state index contributed by atoms with van der Waals surface area (Å²) < 4.78 is 42.9. The van der Waals surface area contributed by atoms with E-state index in [2.05, 4.69) is 5.32 Å². The van der Waals surface area contributed by atoms with E-state index < -0.39 is 39.3 Å². The Kier molecular flexibility index (Phi) is 11.2. The monoisotopic (exact) mass is 672 g/mol. The maximum Gasteiger partial charge on any atom is 0.271 e. The van der Waals surface area contributed by atoms with E-state index >= 15 is 0 Å². The third kappa shape index (κ3) is 8.62. The minimum Gasteiger partial charge on any atom is -0.352 e. The fourth-order valence-corrected chi connectivity index (χ4v) is 7.32. The number of carbonyl (C=O) groups excluding carboxylic acids is 2. The van der Waals surface area contributed by atoms with E-state index in [0.29, 0.717) is 5.56 Å². The molecule has 4 aromatic carbocycles. The lowest BCUT2D eigenvalue weighted by Crippen LogP contribution is -2.55. The Balaban J connectivity index is 1.57. The van der Waals surface area contributed by atoms with Gasteiger partial charge in [0.1, 0.15) is 18.4 Å². The molecule has 1 aliphatic rings. The number of benzene rings is 4. The number of sulfonamides is 1. The highest BCUT2D eigenvalue weighted by Crippen LogP contribution is 2.28. The molecule has 0 aromatic heterocycles. The smallest absolute Gasteiger partial charge is 0.271 e. The molecule has 1 atom stereocenters. The molecule has 10 nitrogen and oxygen atoms in total. The predicted octanol–water partition coefficient (Wildman–Crippen LogP) is 6.02. The van der Waals surface area contributed by atoms with E-state index in [1.54, 1.807) is 6.07 Å². The normalized spacial score (nSPS) is 14.1. The van der Waals surface area contributed by atoms with Crippen molar-refractivity contribution in [1.29, 1.82) is 0 Å². The van der Waals surface area contributed by atoms with Gasteiger partial charge in [-0.05, 0) is 54.3 Å². The molecule has 0 radical (unpaired) electrons. The van der Waals surface area contributed by atoms with Gasteiger partial charge < -0.3 is 10.2 Å². The van der Waals surface area contributed by atoms with Crippen molar-refractivity contribution in [3.8, 4) is 0 Å². The van der Waals surface area contributed by atoms with Crippen molar-refractivity contribution in [1.82, 2.24) is 10.2 Å². The minimum atomic E-state index is -4.42. The van der Waals surface area contributed by atoms with Crippen LogP contribution in [0.5, 0.6) is 0 Å². The van der Waals surface area contributed by atoms with Crippen LogP contribution in [0.2, 0.25) is 0 Å². The second-order valence-electron chi connectivity index (χ2n) is 11.8. The quantitative estimate of drug-likeness (QED) is 0.137. The van der Waals surface area contributed by atoms with E-state index in [1.807, 2.05) is 30.3 Å². The van der Waals surface area contributed by atoms with E-state index in [-0.39, 0.29) is 41.2 Å². The van der Waals surface area contributed by atoms with Crippen LogP contribution in [0, 0.1) is 15.9 Å². The molecule has 4 aromatic rings. The first-order valence-corrected chi connectivity index (χ1v) is 17.3. The lowest BCUT2D eigenvalue weighted by molar-refractivity contribution is -0.384. The molecule has 0 aliphatic heterocycles. The molecule has 48 heavy (non-hydrogen) atoms. The van der Waals surface area contributed by atoms with Crippen molar-refractivity contribution in [2.24, 2.45) is 0 Å². The molecule has 5 rings (SSSR count). The summed E-state index contributed by atoms with van der Waals surface area (Å²) in [6, 6.07) is 26.1. The highest BCUT2D eigenvalue weighted by molar-refractivity contribution is 7.92. The van der Waals surface area contributed by atoms with Gasteiger partial charge in [-0.2, -0.15) is 0 Å². The number of carbonyl (C=O) groups is 2. The second-order valence-corrected chi connectivity index (χ2v) is 13.7. The van der Waals surface area contributed by atoms with Crippen LogP contribution in [0.25, 0.3) is 0 Å². The summed E-state index contributed by atoms with van der Waals surface area (Å²) in [5, 5.41) is 14.8. The fraction of sp³-hybridized carbons (Fsp3) is 0.278. The topological polar surface area (TPSA) is 130 Å². The summed E-state index contributed by atoms with van der Waals surface area (Å²) in [5.74, 6) is -1.57. The molecule has 12 heteroatoms. The zero-order valence-corrected chi connectivity index (χ0v) is 27.1. The number of halogens is 1. The van der Waals surface area contributed by atoms with Crippen LogP contribution in [0.15, 0.2) is 114 Å². The summed E-state index contributed by atoms with van der Waals surface area (Å²) in [6.07, 6.45) is 4.79. The van der Waals surface area contributed by atoms with Crippen LogP contribution in [0.3, 0.4) is 0 Å². The Labute approximate surface area is 279 Å². The maximum atomic E-state index is 14.6. The first kappa shape index (κ1) is 34.2. The molecule has 1 saturated carbocycles. The number of nitrogens with one attached hydrogen (secondary N) is 1. The van der Waals surface area contributed by atoms with Crippen molar-refractivity contribution >= 4 is 33.2 Å². The first-order valence-electron chi connectivity index (χ1n) is 15.8. The summed E-state index contributed by atoms with van der Waals surface area (Å²) >= 11 is 0. The van der Waals surface area contributed by atoms with Gasteiger partial charge in [0.25, 0.3) is 15.7 Å². The van der Waals surface area contributed by atoms with Crippen LogP contribution in [0.1, 0.15) is 43.2 Å². The van der Waals surface area contributed by atoms with Crippen molar-refractivity contribution < 1.29 is 27.3 Å². The van der Waals surface area contributed by atoms with E-state index in [0.717, 1.165) is 48.0 Å². The Hall–Kier alpha value is -5.10. The largest absolute Gasteiger partial charge is 0.352 e. The Morgan fingerprint density at radius 3 is 2.15 bits per heavy atom. The number of nitrogens with zero attached hydrogens (tertiary/aromatic N) is 3. The average molecular weight is 673 g/mol. The highest BCUT2D eigenvalue weighted by Gasteiger charge is 2.35. The Morgan fingerprint density at radius 1 is 0.854 bits per heavy atom. The van der Waals surface area contributed by atoms with Crippen molar-refractivity contribution in [3.63, 3.8) is 0 Å². The van der Waals surface area contributed by atoms with Gasteiger partial charge >= 0.3 is 0 Å². The molecule has 1 N–H and O–H groups in total. The molecule has 0 heterocycles. The number of amides is 2. The number of rotatable bonds is 13. The standard InChI is InChI=1S/C36H37FN4O6S/c37-29-21-19-28(20-22-29)25-39(34(23-27-11-4-1-5-12-27)36(43)38-30-13-6-2-7-14-30)35(42)26-40(31-15-10-16-32(24-31)41(44)45)48(46,47)33-17-8-3-9-18-33/h1,3-5,8-12,15-22,24,30,34H,2,6-7,13-14,23,25-26H2,(H,38,43)/t34-/m0/s1. The van der Waals surface area contributed by atoms with Gasteiger partial charge in [0.05, 0.1) is 15.5 Å². The molecule has 0 spiro atoms. The molecular formula is C36H37FN4O6S. The summed E-state index contributed by atoms with van der Waals surface area (Å²) in [6.45, 7) is -0.884. The predicted molar refractivity (Wildman–Crippen MR) is 180 cm³/mol. The zero-order chi connectivity index (χ0) is 34.1. The first-order chi connectivity index (χ1) is 23.1.